The molecule has 17 heavy (non-hydrogen) atoms. The smallest absolute Gasteiger partial charge is 0.224 e. The van der Waals surface area contributed by atoms with E-state index in [0.717, 1.165) is 0 Å². The van der Waals surface area contributed by atoms with Crippen molar-refractivity contribution in [3.63, 3.8) is 0 Å². The summed E-state index contributed by atoms with van der Waals surface area (Å²) >= 11 is 1.78. The summed E-state index contributed by atoms with van der Waals surface area (Å²) in [5.41, 5.74) is 1.23. The molecule has 0 aliphatic heterocycles. The summed E-state index contributed by atoms with van der Waals surface area (Å²) < 4.78 is 0. The molecule has 96 valence electrons. The quantitative estimate of drug-likeness (QED) is 0.847. The topological polar surface area (TPSA) is 41.1 Å². The summed E-state index contributed by atoms with van der Waals surface area (Å²) in [7, 11) is 1.86. The third-order valence-electron chi connectivity index (χ3n) is 2.86. The normalized spacial score (nSPS) is 14.4. The number of hydrogen-bond acceptors (Lipinski definition) is 3. The lowest BCUT2D eigenvalue weighted by molar-refractivity contribution is -0.125. The highest BCUT2D eigenvalue weighted by atomic mass is 32.1. The molecule has 1 amide bonds. The van der Waals surface area contributed by atoms with Crippen molar-refractivity contribution in [3.05, 3.63) is 21.4 Å². The van der Waals surface area contributed by atoms with Gasteiger partial charge in [-0.2, -0.15) is 0 Å². The maximum Gasteiger partial charge on any atom is 0.224 e. The molecule has 0 saturated heterocycles. The van der Waals surface area contributed by atoms with Gasteiger partial charge in [0, 0.05) is 22.2 Å². The van der Waals surface area contributed by atoms with Gasteiger partial charge in [0.25, 0.3) is 0 Å². The minimum atomic E-state index is 0.00230. The maximum absolute atomic E-state index is 11.9. The first kappa shape index (κ1) is 14.2. The number of nitrogens with one attached hydrogen (secondary N) is 2. The molecule has 0 aromatic carbocycles. The van der Waals surface area contributed by atoms with Crippen LogP contribution in [0.1, 0.15) is 35.2 Å². The minimum Gasteiger partial charge on any atom is -0.349 e. The summed E-state index contributed by atoms with van der Waals surface area (Å²) in [6.45, 7) is 8.88. The predicted molar refractivity (Wildman–Crippen MR) is 73.4 cm³/mol. The summed E-state index contributed by atoms with van der Waals surface area (Å²) in [6, 6.07) is 2.25. The van der Waals surface area contributed by atoms with Gasteiger partial charge in [0.15, 0.2) is 0 Å². The van der Waals surface area contributed by atoms with Crippen LogP contribution in [0.4, 0.5) is 0 Å². The molecule has 4 heteroatoms. The molecule has 0 saturated carbocycles. The SMILES string of the molecule is CNCC(C)C(=O)NC(C)c1cc(C)sc1C. The lowest BCUT2D eigenvalue weighted by atomic mass is 10.1. The Balaban J connectivity index is 2.63. The first-order valence-electron chi connectivity index (χ1n) is 5.97. The van der Waals surface area contributed by atoms with E-state index in [1.54, 1.807) is 11.3 Å². The minimum absolute atomic E-state index is 0.00230. The van der Waals surface area contributed by atoms with Gasteiger partial charge < -0.3 is 10.6 Å². The third-order valence-corrected chi connectivity index (χ3v) is 3.84. The van der Waals surface area contributed by atoms with E-state index in [0.29, 0.717) is 6.54 Å². The average molecular weight is 254 g/mol. The molecule has 0 fully saturated rings. The van der Waals surface area contributed by atoms with Crippen LogP contribution in [0.25, 0.3) is 0 Å². The Morgan fingerprint density at radius 2 is 2.06 bits per heavy atom. The Kier molecular flexibility index (Phi) is 5.15. The van der Waals surface area contributed by atoms with E-state index in [1.807, 2.05) is 20.9 Å². The molecule has 2 N–H and O–H groups in total. The zero-order valence-corrected chi connectivity index (χ0v) is 12.1. The number of carbonyl (C=O) groups excluding carboxylic acids is 1. The van der Waals surface area contributed by atoms with Crippen molar-refractivity contribution >= 4 is 17.2 Å². The first-order chi connectivity index (χ1) is 7.95. The summed E-state index contributed by atoms with van der Waals surface area (Å²) in [4.78, 5) is 14.5. The zero-order chi connectivity index (χ0) is 13.0. The molecule has 0 bridgehead atoms. The van der Waals surface area contributed by atoms with Gasteiger partial charge in [-0.1, -0.05) is 6.92 Å². The fourth-order valence-electron chi connectivity index (χ4n) is 1.91. The lowest BCUT2D eigenvalue weighted by Gasteiger charge is -2.17. The first-order valence-corrected chi connectivity index (χ1v) is 6.79. The highest BCUT2D eigenvalue weighted by Crippen LogP contribution is 2.26. The second-order valence-corrected chi connectivity index (χ2v) is 6.02. The van der Waals surface area contributed by atoms with Crippen LogP contribution in [-0.4, -0.2) is 19.5 Å². The number of aryl methyl sites for hydroxylation is 2. The number of hydrogen-bond donors (Lipinski definition) is 2. The second-order valence-electron chi connectivity index (χ2n) is 4.56. The predicted octanol–water partition coefficient (Wildman–Crippen LogP) is 2.40. The molecule has 0 aliphatic carbocycles. The van der Waals surface area contributed by atoms with E-state index in [1.165, 1.54) is 15.3 Å². The van der Waals surface area contributed by atoms with Gasteiger partial charge in [-0.15, -0.1) is 11.3 Å². The molecule has 1 aromatic rings. The van der Waals surface area contributed by atoms with E-state index in [4.69, 9.17) is 0 Å². The van der Waals surface area contributed by atoms with Crippen LogP contribution < -0.4 is 10.6 Å². The number of thiophene rings is 1. The monoisotopic (exact) mass is 254 g/mol. The van der Waals surface area contributed by atoms with Gasteiger partial charge in [-0.25, -0.2) is 0 Å². The van der Waals surface area contributed by atoms with E-state index >= 15 is 0 Å². The Morgan fingerprint density at radius 3 is 2.53 bits per heavy atom. The van der Waals surface area contributed by atoms with Crippen LogP contribution in [0.3, 0.4) is 0 Å². The van der Waals surface area contributed by atoms with Gasteiger partial charge in [-0.3, -0.25) is 4.79 Å². The second kappa shape index (κ2) is 6.17. The molecular weight excluding hydrogens is 232 g/mol. The molecule has 3 nitrogen and oxygen atoms in total. The van der Waals surface area contributed by atoms with E-state index in [2.05, 4.69) is 30.5 Å². The molecule has 2 atom stereocenters. The molecular formula is C13H22N2OS. The van der Waals surface area contributed by atoms with Gasteiger partial charge in [0.05, 0.1) is 6.04 Å². The maximum atomic E-state index is 11.9. The van der Waals surface area contributed by atoms with Crippen molar-refractivity contribution in [3.8, 4) is 0 Å². The van der Waals surface area contributed by atoms with Crippen LogP contribution in [-0.2, 0) is 4.79 Å². The molecule has 1 aromatic heterocycles. The Morgan fingerprint density at radius 1 is 1.41 bits per heavy atom. The van der Waals surface area contributed by atoms with Crippen molar-refractivity contribution in [2.24, 2.45) is 5.92 Å². The van der Waals surface area contributed by atoms with Crippen molar-refractivity contribution in [1.82, 2.24) is 10.6 Å². The molecule has 1 heterocycles. The van der Waals surface area contributed by atoms with Crippen LogP contribution in [0.2, 0.25) is 0 Å². The standard InChI is InChI=1S/C13H22N2OS/c1-8(7-14-5)13(16)15-10(3)12-6-9(2)17-11(12)4/h6,8,10,14H,7H2,1-5H3,(H,15,16). The fraction of sp³-hybridized carbons (Fsp3) is 0.615. The molecule has 0 spiro atoms. The highest BCUT2D eigenvalue weighted by Gasteiger charge is 2.17. The summed E-state index contributed by atoms with van der Waals surface area (Å²) in [6.07, 6.45) is 0. The lowest BCUT2D eigenvalue weighted by Crippen LogP contribution is -2.35. The van der Waals surface area contributed by atoms with E-state index in [-0.39, 0.29) is 17.9 Å². The Labute approximate surface area is 108 Å². The van der Waals surface area contributed by atoms with Crippen LogP contribution in [0.5, 0.6) is 0 Å². The van der Waals surface area contributed by atoms with E-state index in [9.17, 15) is 4.79 Å². The largest absolute Gasteiger partial charge is 0.349 e. The molecule has 2 unspecified atom stereocenters. The molecule has 0 radical (unpaired) electrons. The zero-order valence-electron chi connectivity index (χ0n) is 11.3. The fourth-order valence-corrected chi connectivity index (χ4v) is 2.94. The number of rotatable bonds is 5. The van der Waals surface area contributed by atoms with Crippen molar-refractivity contribution in [2.75, 3.05) is 13.6 Å². The Hall–Kier alpha value is -0.870. The van der Waals surface area contributed by atoms with Crippen molar-refractivity contribution in [2.45, 2.75) is 33.7 Å². The third kappa shape index (κ3) is 3.82. The average Bonchev–Trinajstić information content (AvgIpc) is 2.58. The molecule has 1 rings (SSSR count). The van der Waals surface area contributed by atoms with Gasteiger partial charge in [0.2, 0.25) is 5.91 Å². The van der Waals surface area contributed by atoms with Crippen LogP contribution in [0.15, 0.2) is 6.07 Å². The molecule has 0 aliphatic rings. The summed E-state index contributed by atoms with van der Waals surface area (Å²) in [5.74, 6) is 0.109. The van der Waals surface area contributed by atoms with Gasteiger partial charge in [0.1, 0.15) is 0 Å². The van der Waals surface area contributed by atoms with Crippen LogP contribution >= 0.6 is 11.3 Å². The van der Waals surface area contributed by atoms with Crippen LogP contribution in [0, 0.1) is 19.8 Å². The van der Waals surface area contributed by atoms with Gasteiger partial charge >= 0.3 is 0 Å². The van der Waals surface area contributed by atoms with Gasteiger partial charge in [-0.05, 0) is 39.4 Å². The Bertz CT molecular complexity index is 387. The summed E-state index contributed by atoms with van der Waals surface area (Å²) in [5, 5.41) is 6.08. The highest BCUT2D eigenvalue weighted by molar-refractivity contribution is 7.12. The number of carbonyl (C=O) groups is 1. The van der Waals surface area contributed by atoms with E-state index < -0.39 is 0 Å². The van der Waals surface area contributed by atoms with Crippen molar-refractivity contribution in [1.29, 1.82) is 0 Å². The van der Waals surface area contributed by atoms with Crippen molar-refractivity contribution < 1.29 is 4.79 Å². The number of amides is 1.